The van der Waals surface area contributed by atoms with Gasteiger partial charge >= 0.3 is 0 Å². The molecule has 1 aliphatic heterocycles. The Hall–Kier alpha value is -2.14. The van der Waals surface area contributed by atoms with E-state index >= 15 is 0 Å². The highest BCUT2D eigenvalue weighted by Crippen LogP contribution is 2.38. The van der Waals surface area contributed by atoms with E-state index in [4.69, 9.17) is 4.74 Å². The molecule has 4 nitrogen and oxygen atoms in total. The van der Waals surface area contributed by atoms with Gasteiger partial charge < -0.3 is 4.74 Å². The Labute approximate surface area is 130 Å². The molecule has 21 heavy (non-hydrogen) atoms. The lowest BCUT2D eigenvalue weighted by Gasteiger charge is -2.18. The molecular weight excluding hydrogens is 330 g/mol. The highest BCUT2D eigenvalue weighted by atomic mass is 79.9. The number of halogens is 1. The minimum absolute atomic E-state index is 0.471. The van der Waals surface area contributed by atoms with Crippen LogP contribution in [0.4, 0.5) is 0 Å². The molecule has 1 aliphatic rings. The topological polar surface area (TPSA) is 39.9 Å². The predicted octanol–water partition coefficient (Wildman–Crippen LogP) is 3.65. The van der Waals surface area contributed by atoms with Gasteiger partial charge in [0.1, 0.15) is 18.1 Å². The number of ether oxygens (including phenoxy) is 1. The molecular formula is C16H12BrN3O. The summed E-state index contributed by atoms with van der Waals surface area (Å²) in [6, 6.07) is 16.3. The zero-order valence-electron chi connectivity index (χ0n) is 11.2. The van der Waals surface area contributed by atoms with Gasteiger partial charge in [0.15, 0.2) is 0 Å². The number of aromatic nitrogens is 3. The molecule has 0 radical (unpaired) electrons. The van der Waals surface area contributed by atoms with Crippen LogP contribution in [0, 0.1) is 0 Å². The third kappa shape index (κ3) is 2.23. The van der Waals surface area contributed by atoms with Gasteiger partial charge in [0, 0.05) is 10.0 Å². The molecule has 2 heterocycles. The summed E-state index contributed by atoms with van der Waals surface area (Å²) in [5.41, 5.74) is 4.16. The standard InChI is InChI=1S/C16H12BrN3O/c17-12-6-7-15-13(8-12)16-14(10-21-15)18-19-20(16)9-11-4-2-1-3-5-11/h1-8H,9-10H2. The Morgan fingerprint density at radius 2 is 2.00 bits per heavy atom. The highest BCUT2D eigenvalue weighted by Gasteiger charge is 2.24. The fraction of sp³-hybridized carbons (Fsp3) is 0.125. The summed E-state index contributed by atoms with van der Waals surface area (Å²) in [6.07, 6.45) is 0. The normalized spacial score (nSPS) is 12.4. The lowest BCUT2D eigenvalue weighted by atomic mass is 10.1. The zero-order valence-corrected chi connectivity index (χ0v) is 12.7. The molecule has 4 rings (SSSR count). The molecule has 1 aromatic heterocycles. The number of hydrogen-bond donors (Lipinski definition) is 0. The van der Waals surface area contributed by atoms with Gasteiger partial charge in [-0.05, 0) is 23.8 Å². The van der Waals surface area contributed by atoms with Crippen molar-refractivity contribution in [1.29, 1.82) is 0 Å². The molecule has 0 spiro atoms. The predicted molar refractivity (Wildman–Crippen MR) is 83.0 cm³/mol. The maximum atomic E-state index is 5.73. The Balaban J connectivity index is 1.81. The van der Waals surface area contributed by atoms with Crippen molar-refractivity contribution < 1.29 is 4.74 Å². The molecule has 0 N–H and O–H groups in total. The molecule has 3 aromatic rings. The summed E-state index contributed by atoms with van der Waals surface area (Å²) < 4.78 is 8.69. The average Bonchev–Trinajstić information content (AvgIpc) is 2.92. The molecule has 0 atom stereocenters. The minimum Gasteiger partial charge on any atom is -0.486 e. The van der Waals surface area contributed by atoms with Crippen molar-refractivity contribution in [3.8, 4) is 17.0 Å². The van der Waals surface area contributed by atoms with Crippen molar-refractivity contribution in [3.05, 3.63) is 64.3 Å². The molecule has 0 saturated heterocycles. The average molecular weight is 342 g/mol. The Morgan fingerprint density at radius 1 is 1.14 bits per heavy atom. The van der Waals surface area contributed by atoms with Crippen LogP contribution >= 0.6 is 15.9 Å². The van der Waals surface area contributed by atoms with Gasteiger partial charge in [0.25, 0.3) is 0 Å². The highest BCUT2D eigenvalue weighted by molar-refractivity contribution is 9.10. The van der Waals surface area contributed by atoms with Crippen molar-refractivity contribution in [2.24, 2.45) is 0 Å². The molecule has 0 amide bonds. The molecule has 2 aromatic carbocycles. The summed E-state index contributed by atoms with van der Waals surface area (Å²) in [5, 5.41) is 8.55. The number of nitrogens with zero attached hydrogens (tertiary/aromatic N) is 3. The lowest BCUT2D eigenvalue weighted by molar-refractivity contribution is 0.297. The van der Waals surface area contributed by atoms with Crippen LogP contribution in [0.15, 0.2) is 53.0 Å². The first kappa shape index (κ1) is 12.6. The number of benzene rings is 2. The van der Waals surface area contributed by atoms with E-state index in [0.717, 1.165) is 27.2 Å². The molecule has 0 saturated carbocycles. The fourth-order valence-electron chi connectivity index (χ4n) is 2.57. The van der Waals surface area contributed by atoms with Crippen molar-refractivity contribution in [2.45, 2.75) is 13.2 Å². The second-order valence-corrected chi connectivity index (χ2v) is 5.87. The van der Waals surface area contributed by atoms with E-state index < -0.39 is 0 Å². The van der Waals surface area contributed by atoms with Crippen LogP contribution in [0.3, 0.4) is 0 Å². The van der Waals surface area contributed by atoms with E-state index in [1.807, 2.05) is 35.0 Å². The monoisotopic (exact) mass is 341 g/mol. The zero-order chi connectivity index (χ0) is 14.2. The maximum Gasteiger partial charge on any atom is 0.134 e. The van der Waals surface area contributed by atoms with E-state index in [0.29, 0.717) is 13.2 Å². The van der Waals surface area contributed by atoms with Crippen LogP contribution in [0.1, 0.15) is 11.3 Å². The van der Waals surface area contributed by atoms with Crippen LogP contribution in [-0.4, -0.2) is 15.0 Å². The quantitative estimate of drug-likeness (QED) is 0.714. The minimum atomic E-state index is 0.471. The molecule has 5 heteroatoms. The smallest absolute Gasteiger partial charge is 0.134 e. The van der Waals surface area contributed by atoms with Crippen LogP contribution in [0.2, 0.25) is 0 Å². The third-order valence-electron chi connectivity index (χ3n) is 3.54. The second-order valence-electron chi connectivity index (χ2n) is 4.96. The van der Waals surface area contributed by atoms with Crippen molar-refractivity contribution >= 4 is 15.9 Å². The first-order chi connectivity index (χ1) is 10.3. The SMILES string of the molecule is Brc1ccc2c(c1)-c1c(nnn1Cc1ccccc1)CO2. The molecule has 0 unspecified atom stereocenters. The van der Waals surface area contributed by atoms with Crippen LogP contribution < -0.4 is 4.74 Å². The first-order valence-electron chi connectivity index (χ1n) is 6.70. The fourth-order valence-corrected chi connectivity index (χ4v) is 2.93. The van der Waals surface area contributed by atoms with Gasteiger partial charge in [-0.15, -0.1) is 5.10 Å². The van der Waals surface area contributed by atoms with E-state index in [9.17, 15) is 0 Å². The molecule has 0 aliphatic carbocycles. The van der Waals surface area contributed by atoms with E-state index in [1.165, 1.54) is 5.56 Å². The number of hydrogen-bond acceptors (Lipinski definition) is 3. The number of fused-ring (bicyclic) bond motifs is 3. The Bertz CT molecular complexity index is 799. The van der Waals surface area contributed by atoms with Crippen LogP contribution in [0.5, 0.6) is 5.75 Å². The Morgan fingerprint density at radius 3 is 2.86 bits per heavy atom. The summed E-state index contributed by atoms with van der Waals surface area (Å²) in [7, 11) is 0. The molecule has 0 fully saturated rings. The van der Waals surface area contributed by atoms with Crippen molar-refractivity contribution in [3.63, 3.8) is 0 Å². The van der Waals surface area contributed by atoms with E-state index in [1.54, 1.807) is 0 Å². The Kier molecular flexibility index (Phi) is 3.00. The first-order valence-corrected chi connectivity index (χ1v) is 7.49. The van der Waals surface area contributed by atoms with Gasteiger partial charge in [-0.3, -0.25) is 0 Å². The van der Waals surface area contributed by atoms with E-state index in [2.05, 4.69) is 44.4 Å². The van der Waals surface area contributed by atoms with Gasteiger partial charge in [0.05, 0.1) is 12.2 Å². The second kappa shape index (κ2) is 5.00. The van der Waals surface area contributed by atoms with Gasteiger partial charge in [-0.25, -0.2) is 4.68 Å². The van der Waals surface area contributed by atoms with Crippen molar-refractivity contribution in [1.82, 2.24) is 15.0 Å². The molecule has 0 bridgehead atoms. The lowest BCUT2D eigenvalue weighted by Crippen LogP contribution is -2.09. The van der Waals surface area contributed by atoms with E-state index in [-0.39, 0.29) is 0 Å². The summed E-state index contributed by atoms with van der Waals surface area (Å²) in [4.78, 5) is 0. The van der Waals surface area contributed by atoms with Gasteiger partial charge in [-0.2, -0.15) is 0 Å². The summed E-state index contributed by atoms with van der Waals surface area (Å²) in [5.74, 6) is 0.877. The largest absolute Gasteiger partial charge is 0.486 e. The van der Waals surface area contributed by atoms with Crippen molar-refractivity contribution in [2.75, 3.05) is 0 Å². The van der Waals surface area contributed by atoms with Crippen LogP contribution in [0.25, 0.3) is 11.3 Å². The molecule has 104 valence electrons. The number of rotatable bonds is 2. The summed E-state index contributed by atoms with van der Waals surface area (Å²) >= 11 is 3.52. The summed E-state index contributed by atoms with van der Waals surface area (Å²) in [6.45, 7) is 1.17. The van der Waals surface area contributed by atoms with Crippen LogP contribution in [-0.2, 0) is 13.2 Å². The third-order valence-corrected chi connectivity index (χ3v) is 4.03. The van der Waals surface area contributed by atoms with Gasteiger partial charge in [-0.1, -0.05) is 51.5 Å². The van der Waals surface area contributed by atoms with Gasteiger partial charge in [0.2, 0.25) is 0 Å². The maximum absolute atomic E-state index is 5.73.